The third-order valence-corrected chi connectivity index (χ3v) is 3.43. The van der Waals surface area contributed by atoms with Gasteiger partial charge >= 0.3 is 51.0 Å². The minimum absolute atomic E-state index is 0.463. The van der Waals surface area contributed by atoms with Gasteiger partial charge in [-0.15, -0.1) is 0 Å². The summed E-state index contributed by atoms with van der Waals surface area (Å²) in [6, 6.07) is 0. The molecule has 1 radical (unpaired) electrons. The predicted octanol–water partition coefficient (Wildman–Crippen LogP) is 1.33. The van der Waals surface area contributed by atoms with E-state index in [1.807, 2.05) is 0 Å². The molecule has 35 valence electrons. The fourth-order valence-corrected chi connectivity index (χ4v) is 2.34. The van der Waals surface area contributed by atoms with Crippen molar-refractivity contribution in [2.75, 3.05) is 0 Å². The van der Waals surface area contributed by atoms with Crippen LogP contribution in [0.2, 0.25) is 0 Å². The van der Waals surface area contributed by atoms with Crippen molar-refractivity contribution in [2.45, 2.75) is 0 Å². The average Bonchev–Trinajstić information content (AvgIpc) is 1.91. The van der Waals surface area contributed by atoms with Crippen molar-refractivity contribution in [3.05, 3.63) is 19.3 Å². The molecule has 7 heavy (non-hydrogen) atoms. The van der Waals surface area contributed by atoms with Crippen LogP contribution >= 0.6 is 0 Å². The van der Waals surface area contributed by atoms with E-state index in [1.54, 1.807) is 3.83 Å². The van der Waals surface area contributed by atoms with Gasteiger partial charge in [0.05, 0.1) is 0 Å². The third-order valence-electron chi connectivity index (χ3n) is 0.713. The first kappa shape index (κ1) is 5.35. The van der Waals surface area contributed by atoms with Crippen molar-refractivity contribution in [1.29, 1.82) is 0 Å². The van der Waals surface area contributed by atoms with Gasteiger partial charge in [0.2, 0.25) is 0 Å². The van der Waals surface area contributed by atoms with Crippen molar-refractivity contribution in [3.8, 4) is 0 Å². The molecule has 0 saturated heterocycles. The van der Waals surface area contributed by atoms with E-state index in [4.69, 9.17) is 0 Å². The minimum atomic E-state index is -1.31. The van der Waals surface area contributed by atoms with E-state index in [0.29, 0.717) is 0 Å². The van der Waals surface area contributed by atoms with Crippen LogP contribution in [0, 0.1) is 0 Å². The van der Waals surface area contributed by atoms with Crippen molar-refractivity contribution < 1.29 is 8.78 Å². The molecule has 3 heteroatoms. The number of hydrogen-bond acceptors (Lipinski definition) is 0. The normalized spacial score (nSPS) is 18.0. The molecule has 0 unspecified atom stereocenters. The maximum atomic E-state index is 11.8. The molecule has 0 aromatic carbocycles. The van der Waals surface area contributed by atoms with Crippen LogP contribution in [0.25, 0.3) is 0 Å². The molecule has 1 aliphatic rings. The molecule has 0 saturated carbocycles. The molecule has 0 aliphatic carbocycles. The van der Waals surface area contributed by atoms with Crippen LogP contribution in [-0.4, -0.2) is 22.9 Å². The SMILES string of the molecule is FC1=[C](F)[In][CH]=C1. The van der Waals surface area contributed by atoms with E-state index in [1.165, 1.54) is 6.08 Å². The molecule has 0 N–H and O–H groups in total. The molecule has 1 rings (SSSR count). The first-order chi connectivity index (χ1) is 3.30. The van der Waals surface area contributed by atoms with E-state index >= 15 is 0 Å². The van der Waals surface area contributed by atoms with E-state index in [-0.39, 0.29) is 0 Å². The Morgan fingerprint density at radius 3 is 2.29 bits per heavy atom. The summed E-state index contributed by atoms with van der Waals surface area (Å²) in [4.78, 5) is 0. The van der Waals surface area contributed by atoms with E-state index in [9.17, 15) is 8.78 Å². The standard InChI is InChI=1S/C4H2F2.In/c1-2-4(6)3-5;/h1-2H;. The van der Waals surface area contributed by atoms with Gasteiger partial charge in [-0.25, -0.2) is 0 Å². The summed E-state index contributed by atoms with van der Waals surface area (Å²) in [6.45, 7) is 0. The summed E-state index contributed by atoms with van der Waals surface area (Å²) in [7, 11) is 0. The van der Waals surface area contributed by atoms with Crippen LogP contribution in [-0.2, 0) is 0 Å². The Kier molecular flexibility index (Phi) is 1.52. The molecule has 0 aromatic rings. The van der Waals surface area contributed by atoms with E-state index < -0.39 is 32.3 Å². The second-order valence-electron chi connectivity index (χ2n) is 1.22. The molecule has 0 amide bonds. The van der Waals surface area contributed by atoms with E-state index in [0.717, 1.165) is 0 Å². The zero-order valence-electron chi connectivity index (χ0n) is 3.49. The van der Waals surface area contributed by atoms with E-state index in [2.05, 4.69) is 0 Å². The van der Waals surface area contributed by atoms with Crippen LogP contribution in [0.3, 0.4) is 0 Å². The van der Waals surface area contributed by atoms with Gasteiger partial charge in [-0.2, -0.15) is 0 Å². The molecule has 1 heterocycles. The van der Waals surface area contributed by atoms with Gasteiger partial charge in [0.15, 0.2) is 0 Å². The fraction of sp³-hybridized carbons (Fsp3) is 0. The first-order valence-electron chi connectivity index (χ1n) is 1.87. The monoisotopic (exact) mass is 203 g/mol. The maximum absolute atomic E-state index is 11.8. The quantitative estimate of drug-likeness (QED) is 0.556. The Morgan fingerprint density at radius 1 is 1.43 bits per heavy atom. The Labute approximate surface area is 51.3 Å². The molecular formula is C4H2F2In. The second kappa shape index (κ2) is 1.99. The summed E-state index contributed by atoms with van der Waals surface area (Å²) < 4.78 is 24.8. The van der Waals surface area contributed by atoms with Crippen molar-refractivity contribution in [1.82, 2.24) is 0 Å². The molecular weight excluding hydrogens is 201 g/mol. The molecule has 1 aliphatic heterocycles. The van der Waals surface area contributed by atoms with Crippen molar-refractivity contribution >= 4 is 22.9 Å². The predicted molar refractivity (Wildman–Crippen MR) is 24.1 cm³/mol. The van der Waals surface area contributed by atoms with Crippen molar-refractivity contribution in [2.24, 2.45) is 0 Å². The van der Waals surface area contributed by atoms with Crippen molar-refractivity contribution in [3.63, 3.8) is 0 Å². The Morgan fingerprint density at radius 2 is 2.14 bits per heavy atom. The molecule has 0 nitrogen and oxygen atoms in total. The number of allylic oxidation sites excluding steroid dienone is 2. The Balaban J connectivity index is 2.79. The molecule has 0 bridgehead atoms. The van der Waals surface area contributed by atoms with Gasteiger partial charge in [-0.3, -0.25) is 0 Å². The summed E-state index contributed by atoms with van der Waals surface area (Å²) in [5.41, 5.74) is 0. The van der Waals surface area contributed by atoms with Gasteiger partial charge < -0.3 is 0 Å². The summed E-state index contributed by atoms with van der Waals surface area (Å²) in [5, 5.41) is 0. The molecule has 0 spiro atoms. The Bertz CT molecular complexity index is 137. The zero-order chi connectivity index (χ0) is 5.28. The second-order valence-corrected chi connectivity index (χ2v) is 4.72. The number of halogens is 2. The van der Waals surface area contributed by atoms with Crippen LogP contribution < -0.4 is 0 Å². The van der Waals surface area contributed by atoms with Crippen LogP contribution in [0.15, 0.2) is 19.3 Å². The Hall–Kier alpha value is 0.210. The number of hydrogen-bond donors (Lipinski definition) is 0. The first-order valence-corrected chi connectivity index (χ1v) is 5.42. The summed E-state index contributed by atoms with van der Waals surface area (Å²) >= 11 is -1.31. The number of rotatable bonds is 0. The van der Waals surface area contributed by atoms with Gasteiger partial charge in [0.25, 0.3) is 0 Å². The zero-order valence-corrected chi connectivity index (χ0v) is 6.78. The van der Waals surface area contributed by atoms with Gasteiger partial charge in [-0.05, 0) is 0 Å². The van der Waals surface area contributed by atoms with Crippen LogP contribution in [0.1, 0.15) is 0 Å². The topological polar surface area (TPSA) is 0 Å². The van der Waals surface area contributed by atoms with Crippen LogP contribution in [0.4, 0.5) is 8.78 Å². The van der Waals surface area contributed by atoms with Gasteiger partial charge in [0.1, 0.15) is 0 Å². The molecule has 0 aromatic heterocycles. The summed E-state index contributed by atoms with van der Waals surface area (Å²) in [5.74, 6) is -0.638. The van der Waals surface area contributed by atoms with Gasteiger partial charge in [0, 0.05) is 0 Å². The van der Waals surface area contributed by atoms with Gasteiger partial charge in [-0.1, -0.05) is 0 Å². The fourth-order valence-electron chi connectivity index (χ4n) is 0.376. The average molecular weight is 203 g/mol. The summed E-state index contributed by atoms with van der Waals surface area (Å²) in [6.07, 6.45) is 1.22. The molecule has 0 fully saturated rings. The molecule has 0 atom stereocenters. The van der Waals surface area contributed by atoms with Crippen LogP contribution in [0.5, 0.6) is 0 Å². The third kappa shape index (κ3) is 1.06.